The van der Waals surface area contributed by atoms with Crippen molar-refractivity contribution in [2.24, 2.45) is 0 Å². The van der Waals surface area contributed by atoms with E-state index < -0.39 is 0 Å². The largest absolute Gasteiger partial charge is 0.293 e. The molecule has 0 amide bonds. The Kier molecular flexibility index (Phi) is 2.30. The highest BCUT2D eigenvalue weighted by molar-refractivity contribution is 5.79. The van der Waals surface area contributed by atoms with Crippen LogP contribution >= 0.6 is 0 Å². The number of fused-ring (bicyclic) bond motifs is 1. The predicted octanol–water partition coefficient (Wildman–Crippen LogP) is 1.85. The summed E-state index contributed by atoms with van der Waals surface area (Å²) < 4.78 is 1.66. The van der Waals surface area contributed by atoms with Crippen LogP contribution in [-0.2, 0) is 5.54 Å². The van der Waals surface area contributed by atoms with Crippen molar-refractivity contribution in [3.05, 3.63) is 34.6 Å². The molecule has 0 saturated carbocycles. The van der Waals surface area contributed by atoms with Crippen LogP contribution in [0.15, 0.2) is 23.5 Å². The van der Waals surface area contributed by atoms with Gasteiger partial charge < -0.3 is 0 Å². The monoisotopic (exact) mass is 217 g/mol. The quantitative estimate of drug-likeness (QED) is 0.676. The highest BCUT2D eigenvalue weighted by atomic mass is 16.1. The van der Waals surface area contributed by atoms with Crippen LogP contribution in [0.25, 0.3) is 10.9 Å². The zero-order valence-corrected chi connectivity index (χ0v) is 9.98. The van der Waals surface area contributed by atoms with Crippen LogP contribution in [-0.4, -0.2) is 14.5 Å². The molecule has 2 heterocycles. The van der Waals surface area contributed by atoms with Gasteiger partial charge >= 0.3 is 0 Å². The summed E-state index contributed by atoms with van der Waals surface area (Å²) in [6.07, 6.45) is 4.90. The number of aryl methyl sites for hydroxylation is 1. The normalized spacial score (nSPS) is 12.0. The van der Waals surface area contributed by atoms with Crippen LogP contribution < -0.4 is 5.56 Å². The van der Waals surface area contributed by atoms with E-state index in [1.165, 1.54) is 0 Å². The van der Waals surface area contributed by atoms with Crippen molar-refractivity contribution in [1.29, 1.82) is 0 Å². The average molecular weight is 217 g/mol. The lowest BCUT2D eigenvalue weighted by atomic mass is 10.1. The SMILES string of the molecule is Cc1cncc2ncn(C(C)(C)C)c(=O)c12. The van der Waals surface area contributed by atoms with Crippen molar-refractivity contribution < 1.29 is 0 Å². The van der Waals surface area contributed by atoms with Gasteiger partial charge in [-0.15, -0.1) is 0 Å². The van der Waals surface area contributed by atoms with Crippen molar-refractivity contribution in [2.45, 2.75) is 33.2 Å². The van der Waals surface area contributed by atoms with E-state index in [2.05, 4.69) is 9.97 Å². The van der Waals surface area contributed by atoms with Crippen LogP contribution in [0, 0.1) is 6.92 Å². The van der Waals surface area contributed by atoms with E-state index in [1.54, 1.807) is 23.3 Å². The Morgan fingerprint density at radius 1 is 1.25 bits per heavy atom. The molecule has 0 aromatic carbocycles. The van der Waals surface area contributed by atoms with Gasteiger partial charge in [-0.1, -0.05) is 0 Å². The number of hydrogen-bond donors (Lipinski definition) is 0. The summed E-state index contributed by atoms with van der Waals surface area (Å²) in [7, 11) is 0. The molecule has 0 unspecified atom stereocenters. The summed E-state index contributed by atoms with van der Waals surface area (Å²) in [5, 5.41) is 0.660. The molecule has 4 nitrogen and oxygen atoms in total. The van der Waals surface area contributed by atoms with Gasteiger partial charge in [0.15, 0.2) is 0 Å². The summed E-state index contributed by atoms with van der Waals surface area (Å²) in [6.45, 7) is 7.83. The topological polar surface area (TPSA) is 47.8 Å². The first-order valence-corrected chi connectivity index (χ1v) is 5.24. The first-order valence-electron chi connectivity index (χ1n) is 5.24. The Bertz CT molecular complexity index is 593. The third-order valence-corrected chi connectivity index (χ3v) is 2.58. The van der Waals surface area contributed by atoms with Gasteiger partial charge in [0.05, 0.1) is 23.4 Å². The third kappa shape index (κ3) is 1.60. The summed E-state index contributed by atoms with van der Waals surface area (Å²) in [5.41, 5.74) is 1.27. The zero-order valence-electron chi connectivity index (χ0n) is 9.98. The summed E-state index contributed by atoms with van der Waals surface area (Å²) in [6, 6.07) is 0. The number of nitrogens with zero attached hydrogens (tertiary/aromatic N) is 3. The molecular weight excluding hydrogens is 202 g/mol. The fraction of sp³-hybridized carbons (Fsp3) is 0.417. The molecule has 2 aromatic heterocycles. The van der Waals surface area contributed by atoms with Crippen LogP contribution in [0.4, 0.5) is 0 Å². The predicted molar refractivity (Wildman–Crippen MR) is 63.5 cm³/mol. The minimum Gasteiger partial charge on any atom is -0.293 e. The van der Waals surface area contributed by atoms with Crippen LogP contribution in [0.2, 0.25) is 0 Å². The smallest absolute Gasteiger partial charge is 0.262 e. The number of pyridine rings is 1. The average Bonchev–Trinajstić information content (AvgIpc) is 2.16. The van der Waals surface area contributed by atoms with E-state index in [1.807, 2.05) is 27.7 Å². The molecule has 0 bridgehead atoms. The Morgan fingerprint density at radius 2 is 1.94 bits per heavy atom. The molecule has 0 aliphatic heterocycles. The van der Waals surface area contributed by atoms with Gasteiger partial charge in [0.25, 0.3) is 5.56 Å². The van der Waals surface area contributed by atoms with E-state index >= 15 is 0 Å². The van der Waals surface area contributed by atoms with Crippen molar-refractivity contribution in [1.82, 2.24) is 14.5 Å². The van der Waals surface area contributed by atoms with Gasteiger partial charge in [0.2, 0.25) is 0 Å². The molecule has 0 atom stereocenters. The fourth-order valence-electron chi connectivity index (χ4n) is 1.70. The molecule has 2 aromatic rings. The lowest BCUT2D eigenvalue weighted by molar-refractivity contribution is 0.381. The minimum absolute atomic E-state index is 0.00241. The van der Waals surface area contributed by atoms with E-state index in [9.17, 15) is 4.79 Å². The number of rotatable bonds is 0. The van der Waals surface area contributed by atoms with Crippen LogP contribution in [0.1, 0.15) is 26.3 Å². The minimum atomic E-state index is -0.256. The van der Waals surface area contributed by atoms with Gasteiger partial charge in [0.1, 0.15) is 0 Å². The van der Waals surface area contributed by atoms with Crippen molar-refractivity contribution in [3.63, 3.8) is 0 Å². The molecule has 0 aliphatic carbocycles. The first kappa shape index (κ1) is 10.8. The molecule has 0 spiro atoms. The maximum atomic E-state index is 12.3. The van der Waals surface area contributed by atoms with Gasteiger partial charge in [-0.2, -0.15) is 0 Å². The molecule has 4 heteroatoms. The lowest BCUT2D eigenvalue weighted by Gasteiger charge is -2.22. The van der Waals surface area contributed by atoms with E-state index in [0.717, 1.165) is 5.56 Å². The summed E-state index contributed by atoms with van der Waals surface area (Å²) in [4.78, 5) is 20.6. The Hall–Kier alpha value is -1.71. The Morgan fingerprint density at radius 3 is 2.56 bits per heavy atom. The second kappa shape index (κ2) is 3.40. The number of aromatic nitrogens is 3. The molecule has 0 fully saturated rings. The van der Waals surface area contributed by atoms with Crippen molar-refractivity contribution >= 4 is 10.9 Å². The second-order valence-electron chi connectivity index (χ2n) is 4.94. The van der Waals surface area contributed by atoms with E-state index in [-0.39, 0.29) is 11.1 Å². The van der Waals surface area contributed by atoms with E-state index in [0.29, 0.717) is 10.9 Å². The second-order valence-corrected chi connectivity index (χ2v) is 4.94. The van der Waals surface area contributed by atoms with Crippen molar-refractivity contribution in [3.8, 4) is 0 Å². The molecule has 84 valence electrons. The van der Waals surface area contributed by atoms with Gasteiger partial charge in [-0.3, -0.25) is 14.3 Å². The maximum absolute atomic E-state index is 12.3. The Balaban J connectivity index is 2.90. The summed E-state index contributed by atoms with van der Waals surface area (Å²) in [5.74, 6) is 0. The fourth-order valence-corrected chi connectivity index (χ4v) is 1.70. The van der Waals surface area contributed by atoms with E-state index in [4.69, 9.17) is 0 Å². The molecule has 2 rings (SSSR count). The lowest BCUT2D eigenvalue weighted by Crippen LogP contribution is -2.34. The zero-order chi connectivity index (χ0) is 11.9. The van der Waals surface area contributed by atoms with Crippen LogP contribution in [0.3, 0.4) is 0 Å². The van der Waals surface area contributed by atoms with Gasteiger partial charge in [-0.25, -0.2) is 4.98 Å². The highest BCUT2D eigenvalue weighted by Crippen LogP contribution is 2.14. The number of hydrogen-bond acceptors (Lipinski definition) is 3. The molecule has 0 saturated heterocycles. The van der Waals surface area contributed by atoms with Crippen LogP contribution in [0.5, 0.6) is 0 Å². The Labute approximate surface area is 94.0 Å². The maximum Gasteiger partial charge on any atom is 0.262 e. The third-order valence-electron chi connectivity index (χ3n) is 2.58. The summed E-state index contributed by atoms with van der Waals surface area (Å²) >= 11 is 0. The van der Waals surface area contributed by atoms with Gasteiger partial charge in [-0.05, 0) is 33.3 Å². The molecular formula is C12H15N3O. The molecule has 0 radical (unpaired) electrons. The van der Waals surface area contributed by atoms with Crippen molar-refractivity contribution in [2.75, 3.05) is 0 Å². The van der Waals surface area contributed by atoms with Gasteiger partial charge in [0, 0.05) is 11.7 Å². The molecule has 16 heavy (non-hydrogen) atoms. The highest BCUT2D eigenvalue weighted by Gasteiger charge is 2.17. The molecule has 0 aliphatic rings. The first-order chi connectivity index (χ1) is 7.41. The standard InChI is InChI=1S/C12H15N3O/c1-8-5-13-6-9-10(8)11(16)15(7-14-9)12(2,3)4/h5-7H,1-4H3. The molecule has 0 N–H and O–H groups in total.